The molecule has 0 aromatic heterocycles. The Bertz CT molecular complexity index is 432. The third kappa shape index (κ3) is 4.88. The molecule has 0 radical (unpaired) electrons. The number of benzene rings is 1. The maximum Gasteiger partial charge on any atom is 0.230 e. The number of thioether (sulfide) groups is 1. The molecule has 3 nitrogen and oxygen atoms in total. The fraction of sp³-hybridized carbons (Fsp3) is 0.533. The minimum atomic E-state index is 0.111. The normalized spacial score (nSPS) is 16.1. The summed E-state index contributed by atoms with van der Waals surface area (Å²) >= 11 is 1.65. The van der Waals surface area contributed by atoms with Crippen LogP contribution in [0.15, 0.2) is 24.3 Å². The van der Waals surface area contributed by atoms with E-state index in [-0.39, 0.29) is 11.9 Å². The van der Waals surface area contributed by atoms with Gasteiger partial charge in [-0.1, -0.05) is 29.8 Å². The number of nitrogens with one attached hydrogen (secondary N) is 1. The quantitative estimate of drug-likeness (QED) is 0.803. The van der Waals surface area contributed by atoms with E-state index in [1.807, 2.05) is 0 Å². The van der Waals surface area contributed by atoms with Crippen molar-refractivity contribution >= 4 is 17.7 Å². The molecule has 1 aromatic carbocycles. The van der Waals surface area contributed by atoms with Gasteiger partial charge in [-0.2, -0.15) is 0 Å². The average molecular weight is 278 g/mol. The number of hydrogen-bond acceptors (Lipinski definition) is 3. The first-order valence-electron chi connectivity index (χ1n) is 6.81. The van der Waals surface area contributed by atoms with Crippen LogP contribution in [0.5, 0.6) is 0 Å². The minimum absolute atomic E-state index is 0.111. The first-order chi connectivity index (χ1) is 9.19. The van der Waals surface area contributed by atoms with Crippen LogP contribution >= 0.6 is 11.8 Å². The molecule has 19 heavy (non-hydrogen) atoms. The zero-order chi connectivity index (χ0) is 13.7. The molecule has 1 aliphatic carbocycles. The van der Waals surface area contributed by atoms with Crippen molar-refractivity contribution in [2.24, 2.45) is 11.7 Å². The fourth-order valence-electron chi connectivity index (χ4n) is 2.18. The maximum absolute atomic E-state index is 11.8. The van der Waals surface area contributed by atoms with Crippen LogP contribution in [0.25, 0.3) is 0 Å². The first kappa shape index (κ1) is 14.4. The van der Waals surface area contributed by atoms with Crippen molar-refractivity contribution in [3.63, 3.8) is 0 Å². The van der Waals surface area contributed by atoms with Gasteiger partial charge in [-0.25, -0.2) is 0 Å². The smallest absolute Gasteiger partial charge is 0.230 e. The Balaban J connectivity index is 1.68. The highest BCUT2D eigenvalue weighted by Crippen LogP contribution is 2.32. The van der Waals surface area contributed by atoms with Crippen molar-refractivity contribution in [2.45, 2.75) is 31.6 Å². The number of hydrogen-bond donors (Lipinski definition) is 2. The van der Waals surface area contributed by atoms with Gasteiger partial charge >= 0.3 is 0 Å². The van der Waals surface area contributed by atoms with Crippen molar-refractivity contribution in [3.8, 4) is 0 Å². The summed E-state index contributed by atoms with van der Waals surface area (Å²) in [4.78, 5) is 11.8. The highest BCUT2D eigenvalue weighted by molar-refractivity contribution is 7.99. The standard InChI is InChI=1S/C15H22N2OS/c1-11-3-2-4-12(7-11)9-19-10-15(18)17-14(8-16)13-5-6-13/h2-4,7,13-14H,5-6,8-10,16H2,1H3,(H,17,18). The molecule has 0 heterocycles. The monoisotopic (exact) mass is 278 g/mol. The summed E-state index contributed by atoms with van der Waals surface area (Å²) in [5.74, 6) is 2.12. The SMILES string of the molecule is Cc1cccc(CSCC(=O)NC(CN)C2CC2)c1. The molecule has 104 valence electrons. The van der Waals surface area contributed by atoms with Crippen LogP contribution in [0.3, 0.4) is 0 Å². The van der Waals surface area contributed by atoms with E-state index in [4.69, 9.17) is 5.73 Å². The van der Waals surface area contributed by atoms with E-state index in [1.165, 1.54) is 24.0 Å². The zero-order valence-corrected chi connectivity index (χ0v) is 12.2. The Morgan fingerprint density at radius 3 is 2.95 bits per heavy atom. The first-order valence-corrected chi connectivity index (χ1v) is 7.97. The summed E-state index contributed by atoms with van der Waals surface area (Å²) in [7, 11) is 0. The Labute approximate surface area is 119 Å². The third-order valence-corrected chi connectivity index (χ3v) is 4.38. The number of nitrogens with two attached hydrogens (primary N) is 1. The number of carbonyl (C=O) groups excluding carboxylic acids is 1. The Morgan fingerprint density at radius 2 is 2.32 bits per heavy atom. The van der Waals surface area contributed by atoms with Gasteiger partial charge in [0, 0.05) is 18.3 Å². The predicted octanol–water partition coefficient (Wildman–Crippen LogP) is 2.08. The van der Waals surface area contributed by atoms with Gasteiger partial charge in [0.25, 0.3) is 0 Å². The number of rotatable bonds is 7. The van der Waals surface area contributed by atoms with E-state index in [0.717, 1.165) is 5.75 Å². The van der Waals surface area contributed by atoms with Crippen molar-refractivity contribution < 1.29 is 4.79 Å². The summed E-state index contributed by atoms with van der Waals surface area (Å²) in [5, 5.41) is 3.04. The van der Waals surface area contributed by atoms with E-state index >= 15 is 0 Å². The molecule has 1 atom stereocenters. The average Bonchev–Trinajstić information content (AvgIpc) is 3.20. The summed E-state index contributed by atoms with van der Waals surface area (Å²) in [6.45, 7) is 2.64. The molecule has 0 bridgehead atoms. The van der Waals surface area contributed by atoms with Gasteiger partial charge in [0.05, 0.1) is 5.75 Å². The van der Waals surface area contributed by atoms with Gasteiger partial charge < -0.3 is 11.1 Å². The van der Waals surface area contributed by atoms with Gasteiger partial charge in [-0.05, 0) is 31.2 Å². The van der Waals surface area contributed by atoms with E-state index in [9.17, 15) is 4.79 Å². The molecule has 0 spiro atoms. The van der Waals surface area contributed by atoms with Crippen LogP contribution in [0.2, 0.25) is 0 Å². The molecule has 1 saturated carbocycles. The van der Waals surface area contributed by atoms with Crippen LogP contribution < -0.4 is 11.1 Å². The van der Waals surface area contributed by atoms with Crippen LogP contribution in [0.1, 0.15) is 24.0 Å². The molecule has 4 heteroatoms. The highest BCUT2D eigenvalue weighted by atomic mass is 32.2. The third-order valence-electron chi connectivity index (χ3n) is 3.38. The van der Waals surface area contributed by atoms with E-state index in [2.05, 4.69) is 36.5 Å². The number of carbonyl (C=O) groups is 1. The van der Waals surface area contributed by atoms with E-state index in [1.54, 1.807) is 11.8 Å². The summed E-state index contributed by atoms with van der Waals surface area (Å²) in [6.07, 6.45) is 2.41. The lowest BCUT2D eigenvalue weighted by atomic mass is 10.2. The fourth-order valence-corrected chi connectivity index (χ4v) is 2.97. The lowest BCUT2D eigenvalue weighted by Crippen LogP contribution is -2.42. The largest absolute Gasteiger partial charge is 0.351 e. The maximum atomic E-state index is 11.8. The lowest BCUT2D eigenvalue weighted by Gasteiger charge is -2.15. The predicted molar refractivity (Wildman–Crippen MR) is 81.1 cm³/mol. The van der Waals surface area contributed by atoms with Crippen LogP contribution in [-0.2, 0) is 10.5 Å². The second-order valence-corrected chi connectivity index (χ2v) is 6.21. The molecule has 1 fully saturated rings. The molecular formula is C15H22N2OS. The summed E-state index contributed by atoms with van der Waals surface area (Å²) in [6, 6.07) is 8.60. The van der Waals surface area contributed by atoms with Gasteiger partial charge in [-0.3, -0.25) is 4.79 Å². The van der Waals surface area contributed by atoms with E-state index in [0.29, 0.717) is 18.2 Å². The molecule has 1 amide bonds. The Kier molecular flexibility index (Phi) is 5.28. The molecule has 3 N–H and O–H groups in total. The molecule has 1 aliphatic rings. The lowest BCUT2D eigenvalue weighted by molar-refractivity contribution is -0.119. The molecule has 0 aliphatic heterocycles. The van der Waals surface area contributed by atoms with Crippen LogP contribution in [0, 0.1) is 12.8 Å². The van der Waals surface area contributed by atoms with Gasteiger partial charge in [0.1, 0.15) is 0 Å². The Hall–Kier alpha value is -1.00. The van der Waals surface area contributed by atoms with Crippen molar-refractivity contribution in [2.75, 3.05) is 12.3 Å². The minimum Gasteiger partial charge on any atom is -0.351 e. The van der Waals surface area contributed by atoms with Gasteiger partial charge in [0.15, 0.2) is 0 Å². The summed E-state index contributed by atoms with van der Waals surface area (Å²) in [5.41, 5.74) is 8.21. The van der Waals surface area contributed by atoms with Crippen LogP contribution in [-0.4, -0.2) is 24.2 Å². The molecular weight excluding hydrogens is 256 g/mol. The second kappa shape index (κ2) is 6.96. The van der Waals surface area contributed by atoms with Crippen LogP contribution in [0.4, 0.5) is 0 Å². The molecule has 2 rings (SSSR count). The summed E-state index contributed by atoms with van der Waals surface area (Å²) < 4.78 is 0. The topological polar surface area (TPSA) is 55.1 Å². The van der Waals surface area contributed by atoms with Gasteiger partial charge in [-0.15, -0.1) is 11.8 Å². The van der Waals surface area contributed by atoms with Gasteiger partial charge in [0.2, 0.25) is 5.91 Å². The number of aryl methyl sites for hydroxylation is 1. The highest BCUT2D eigenvalue weighted by Gasteiger charge is 2.30. The van der Waals surface area contributed by atoms with Crippen molar-refractivity contribution in [1.82, 2.24) is 5.32 Å². The van der Waals surface area contributed by atoms with E-state index < -0.39 is 0 Å². The molecule has 1 aromatic rings. The Morgan fingerprint density at radius 1 is 1.53 bits per heavy atom. The second-order valence-electron chi connectivity index (χ2n) is 5.23. The molecule has 0 saturated heterocycles. The van der Waals surface area contributed by atoms with Crippen molar-refractivity contribution in [3.05, 3.63) is 35.4 Å². The molecule has 1 unspecified atom stereocenters. The van der Waals surface area contributed by atoms with Crippen molar-refractivity contribution in [1.29, 1.82) is 0 Å². The number of amides is 1. The zero-order valence-electron chi connectivity index (χ0n) is 11.4.